The Morgan fingerprint density at radius 3 is 2.24 bits per heavy atom. The van der Waals surface area contributed by atoms with E-state index in [0.29, 0.717) is 22.8 Å². The Balaban J connectivity index is 1.62. The monoisotopic (exact) mass is 432 g/mol. The molecule has 7 nitrogen and oxygen atoms in total. The first-order valence-electron chi connectivity index (χ1n) is 10.2. The van der Waals surface area contributed by atoms with Crippen LogP contribution in [0, 0.1) is 36.5 Å². The van der Waals surface area contributed by atoms with E-state index in [1.807, 2.05) is 44.2 Å². The first-order valence-corrected chi connectivity index (χ1v) is 10.2. The van der Waals surface area contributed by atoms with Gasteiger partial charge in [0.1, 0.15) is 11.6 Å². The second kappa shape index (κ2) is 9.09. The van der Waals surface area contributed by atoms with E-state index in [1.54, 1.807) is 36.4 Å². The molecule has 0 aliphatic carbocycles. The van der Waals surface area contributed by atoms with Crippen molar-refractivity contribution >= 4 is 17.5 Å². The Kier molecular flexibility index (Phi) is 5.88. The van der Waals surface area contributed by atoms with Crippen LogP contribution in [0.1, 0.15) is 22.3 Å². The maximum atomic E-state index is 9.43. The molecule has 0 aliphatic heterocycles. The van der Waals surface area contributed by atoms with Gasteiger partial charge in [-0.25, -0.2) is 0 Å². The molecule has 3 aromatic carbocycles. The van der Waals surface area contributed by atoms with Gasteiger partial charge in [-0.05, 0) is 78.6 Å². The van der Waals surface area contributed by atoms with Gasteiger partial charge in [0.25, 0.3) is 0 Å². The van der Waals surface area contributed by atoms with Gasteiger partial charge in [0.05, 0.1) is 23.3 Å². The van der Waals surface area contributed by atoms with Gasteiger partial charge in [-0.1, -0.05) is 18.2 Å². The van der Waals surface area contributed by atoms with Gasteiger partial charge in [0.15, 0.2) is 0 Å². The lowest BCUT2D eigenvalue weighted by Gasteiger charge is -2.15. The summed E-state index contributed by atoms with van der Waals surface area (Å²) in [6.07, 6.45) is 0. The zero-order valence-electron chi connectivity index (χ0n) is 18.1. The molecule has 0 atom stereocenters. The van der Waals surface area contributed by atoms with Gasteiger partial charge in [-0.3, -0.25) is 0 Å². The fraction of sp³-hybridized carbons (Fsp3) is 0.0769. The minimum Gasteiger partial charge on any atom is -0.438 e. The van der Waals surface area contributed by atoms with E-state index in [4.69, 9.17) is 15.7 Å². The molecule has 33 heavy (non-hydrogen) atoms. The van der Waals surface area contributed by atoms with Gasteiger partial charge in [0, 0.05) is 11.8 Å². The highest BCUT2D eigenvalue weighted by atomic mass is 16.5. The summed E-state index contributed by atoms with van der Waals surface area (Å²) in [4.78, 5) is 8.64. The SMILES string of the molecule is Cc1cc(-c2ccccc2C#N)cc(C)c1Oc1cc(N)nc(Nc2ccc(C#N)cc2)n1. The highest BCUT2D eigenvalue weighted by Gasteiger charge is 2.13. The number of hydrogen-bond acceptors (Lipinski definition) is 7. The van der Waals surface area contributed by atoms with Crippen molar-refractivity contribution in [1.82, 2.24) is 9.97 Å². The molecule has 7 heteroatoms. The predicted octanol–water partition coefficient (Wildman–Crippen LogP) is 5.62. The van der Waals surface area contributed by atoms with E-state index in [1.165, 1.54) is 0 Å². The van der Waals surface area contributed by atoms with E-state index in [0.717, 1.165) is 27.9 Å². The van der Waals surface area contributed by atoms with Gasteiger partial charge >= 0.3 is 0 Å². The molecule has 1 heterocycles. The van der Waals surface area contributed by atoms with Crippen LogP contribution >= 0.6 is 0 Å². The molecule has 0 unspecified atom stereocenters. The average molecular weight is 432 g/mol. The summed E-state index contributed by atoms with van der Waals surface area (Å²) in [5.41, 5.74) is 11.5. The third kappa shape index (κ3) is 4.73. The van der Waals surface area contributed by atoms with Crippen molar-refractivity contribution < 1.29 is 4.74 Å². The van der Waals surface area contributed by atoms with Crippen LogP contribution < -0.4 is 15.8 Å². The summed E-state index contributed by atoms with van der Waals surface area (Å²) in [7, 11) is 0. The van der Waals surface area contributed by atoms with Crippen molar-refractivity contribution in [2.45, 2.75) is 13.8 Å². The number of anilines is 3. The van der Waals surface area contributed by atoms with Gasteiger partial charge in [-0.15, -0.1) is 0 Å². The van der Waals surface area contributed by atoms with Crippen LogP contribution in [0.3, 0.4) is 0 Å². The number of aryl methyl sites for hydroxylation is 2. The van der Waals surface area contributed by atoms with Crippen molar-refractivity contribution in [1.29, 1.82) is 10.5 Å². The maximum Gasteiger partial charge on any atom is 0.232 e. The molecule has 0 spiro atoms. The molecular formula is C26H20N6O. The third-order valence-electron chi connectivity index (χ3n) is 5.02. The summed E-state index contributed by atoms with van der Waals surface area (Å²) in [6, 6.07) is 24.3. The van der Waals surface area contributed by atoms with E-state index in [9.17, 15) is 5.26 Å². The number of nitrogen functional groups attached to an aromatic ring is 1. The Hall–Kier alpha value is -4.88. The van der Waals surface area contributed by atoms with Crippen molar-refractivity contribution in [2.24, 2.45) is 0 Å². The second-order valence-corrected chi connectivity index (χ2v) is 7.47. The van der Waals surface area contributed by atoms with Crippen molar-refractivity contribution in [3.05, 3.63) is 89.0 Å². The lowest BCUT2D eigenvalue weighted by molar-refractivity contribution is 0.456. The largest absolute Gasteiger partial charge is 0.438 e. The number of nitriles is 2. The molecule has 1 aromatic heterocycles. The normalized spacial score (nSPS) is 10.2. The summed E-state index contributed by atoms with van der Waals surface area (Å²) in [5, 5.41) is 21.4. The van der Waals surface area contributed by atoms with Crippen molar-refractivity contribution in [3.63, 3.8) is 0 Å². The summed E-state index contributed by atoms with van der Waals surface area (Å²) < 4.78 is 6.10. The highest BCUT2D eigenvalue weighted by molar-refractivity contribution is 5.73. The molecule has 3 N–H and O–H groups in total. The Labute approximate surface area is 191 Å². The zero-order valence-corrected chi connectivity index (χ0v) is 18.1. The first kappa shape index (κ1) is 21.4. The smallest absolute Gasteiger partial charge is 0.232 e. The number of nitrogens with one attached hydrogen (secondary N) is 1. The summed E-state index contributed by atoms with van der Waals surface area (Å²) in [5.74, 6) is 1.50. The Bertz CT molecular complexity index is 1390. The third-order valence-corrected chi connectivity index (χ3v) is 5.02. The lowest BCUT2D eigenvalue weighted by atomic mass is 9.96. The average Bonchev–Trinajstić information content (AvgIpc) is 2.81. The van der Waals surface area contributed by atoms with Gasteiger partial charge in [0.2, 0.25) is 11.8 Å². The number of ether oxygens (including phenoxy) is 1. The van der Waals surface area contributed by atoms with Crippen molar-refractivity contribution in [3.8, 4) is 34.9 Å². The van der Waals surface area contributed by atoms with Crippen LogP contribution in [0.5, 0.6) is 11.6 Å². The number of nitrogens with zero attached hydrogens (tertiary/aromatic N) is 4. The number of benzene rings is 3. The number of aromatic nitrogens is 2. The molecule has 0 fully saturated rings. The van der Waals surface area contributed by atoms with Crippen LogP contribution in [-0.4, -0.2) is 9.97 Å². The van der Waals surface area contributed by atoms with E-state index >= 15 is 0 Å². The van der Waals surface area contributed by atoms with E-state index < -0.39 is 0 Å². The molecular weight excluding hydrogens is 412 g/mol. The standard InChI is InChI=1S/C26H20N6O/c1-16-11-20(22-6-4-3-5-19(22)15-28)12-17(2)25(16)33-24-13-23(29)31-26(32-24)30-21-9-7-18(14-27)8-10-21/h3-13H,1-2H3,(H3,29,30,31,32). The van der Waals surface area contributed by atoms with Crippen LogP contribution in [0.2, 0.25) is 0 Å². The Morgan fingerprint density at radius 1 is 0.879 bits per heavy atom. The number of rotatable bonds is 5. The fourth-order valence-electron chi connectivity index (χ4n) is 3.51. The molecule has 0 saturated heterocycles. The quantitative estimate of drug-likeness (QED) is 0.420. The zero-order chi connectivity index (χ0) is 23.4. The molecule has 160 valence electrons. The number of nitrogens with two attached hydrogens (primary N) is 1. The molecule has 4 aromatic rings. The molecule has 0 amide bonds. The van der Waals surface area contributed by atoms with Crippen LogP contribution in [0.4, 0.5) is 17.5 Å². The van der Waals surface area contributed by atoms with E-state index in [2.05, 4.69) is 27.4 Å². The molecule has 0 saturated carbocycles. The lowest BCUT2D eigenvalue weighted by Crippen LogP contribution is -2.03. The fourth-order valence-corrected chi connectivity index (χ4v) is 3.51. The maximum absolute atomic E-state index is 9.43. The predicted molar refractivity (Wildman–Crippen MR) is 127 cm³/mol. The molecule has 4 rings (SSSR count). The second-order valence-electron chi connectivity index (χ2n) is 7.47. The Morgan fingerprint density at radius 2 is 1.58 bits per heavy atom. The summed E-state index contributed by atoms with van der Waals surface area (Å²) in [6.45, 7) is 3.89. The van der Waals surface area contributed by atoms with Crippen LogP contribution in [-0.2, 0) is 0 Å². The molecule has 0 bridgehead atoms. The minimum atomic E-state index is 0.256. The highest BCUT2D eigenvalue weighted by Crippen LogP contribution is 2.34. The van der Waals surface area contributed by atoms with Gasteiger partial charge < -0.3 is 15.8 Å². The van der Waals surface area contributed by atoms with Crippen LogP contribution in [0.15, 0.2) is 66.7 Å². The molecule has 0 aliphatic rings. The van der Waals surface area contributed by atoms with E-state index in [-0.39, 0.29) is 11.8 Å². The van der Waals surface area contributed by atoms with Gasteiger partial charge in [-0.2, -0.15) is 20.5 Å². The van der Waals surface area contributed by atoms with Crippen molar-refractivity contribution in [2.75, 3.05) is 11.1 Å². The van der Waals surface area contributed by atoms with Crippen LogP contribution in [0.25, 0.3) is 11.1 Å². The first-order chi connectivity index (χ1) is 16.0. The topological polar surface area (TPSA) is 121 Å². The summed E-state index contributed by atoms with van der Waals surface area (Å²) >= 11 is 0. The number of hydrogen-bond donors (Lipinski definition) is 2. The minimum absolute atomic E-state index is 0.256. The molecule has 0 radical (unpaired) electrons.